The minimum absolute atomic E-state index is 0.271. The molecule has 0 fully saturated rings. The summed E-state index contributed by atoms with van der Waals surface area (Å²) in [6, 6.07) is 27.7. The fourth-order valence-electron chi connectivity index (χ4n) is 3.61. The number of amides is 1. The molecule has 1 amide bonds. The summed E-state index contributed by atoms with van der Waals surface area (Å²) in [5, 5.41) is 10.9. The number of aromatic nitrogens is 2. The first-order chi connectivity index (χ1) is 15.7. The third-order valence-corrected chi connectivity index (χ3v) is 5.23. The number of carbonyl (C=O) groups excluding carboxylic acids is 1. The standard InChI is InChI=1S/C26H20N4O2/c1-18-7-2-5-11-24(18)30-25(21-13-12-19-8-3-4-9-20(19)15-21)16-23(29-30)26(31)28-27-17-22-10-6-14-32-22/h2-17H,1H3,(H,28,31)/b27-17-. The van der Waals surface area contributed by atoms with Crippen molar-refractivity contribution in [2.75, 3.05) is 0 Å². The SMILES string of the molecule is Cc1ccccc1-n1nc(C(=O)N/N=C\c2ccco2)cc1-c1ccc2ccccc2c1. The number of fused-ring (bicyclic) bond motifs is 1. The van der Waals surface area contributed by atoms with E-state index in [0.717, 1.165) is 33.3 Å². The molecule has 0 saturated heterocycles. The fraction of sp³-hybridized carbons (Fsp3) is 0.0385. The van der Waals surface area contributed by atoms with Crippen molar-refractivity contribution in [3.8, 4) is 16.9 Å². The van der Waals surface area contributed by atoms with Crippen LogP contribution in [0.25, 0.3) is 27.7 Å². The summed E-state index contributed by atoms with van der Waals surface area (Å²) < 4.78 is 7.00. The second-order valence-corrected chi connectivity index (χ2v) is 7.39. The molecule has 32 heavy (non-hydrogen) atoms. The Morgan fingerprint density at radius 3 is 2.59 bits per heavy atom. The van der Waals surface area contributed by atoms with Crippen LogP contribution in [0.15, 0.2) is 101 Å². The number of aryl methyl sites for hydroxylation is 1. The Morgan fingerprint density at radius 2 is 1.78 bits per heavy atom. The Morgan fingerprint density at radius 1 is 0.969 bits per heavy atom. The number of para-hydroxylation sites is 1. The average Bonchev–Trinajstić information content (AvgIpc) is 3.49. The molecule has 0 unspecified atom stereocenters. The highest BCUT2D eigenvalue weighted by molar-refractivity contribution is 5.95. The van der Waals surface area contributed by atoms with E-state index in [0.29, 0.717) is 5.76 Å². The smallest absolute Gasteiger partial charge is 0.291 e. The maximum atomic E-state index is 12.8. The van der Waals surface area contributed by atoms with Crippen LogP contribution in [-0.2, 0) is 0 Å². The lowest BCUT2D eigenvalue weighted by atomic mass is 10.0. The van der Waals surface area contributed by atoms with Crippen molar-refractivity contribution < 1.29 is 9.21 Å². The zero-order chi connectivity index (χ0) is 21.9. The van der Waals surface area contributed by atoms with E-state index >= 15 is 0 Å². The highest BCUT2D eigenvalue weighted by Crippen LogP contribution is 2.28. The minimum atomic E-state index is -0.401. The first-order valence-electron chi connectivity index (χ1n) is 10.2. The maximum absolute atomic E-state index is 12.8. The molecule has 6 heteroatoms. The molecule has 5 rings (SSSR count). The molecule has 0 radical (unpaired) electrons. The van der Waals surface area contributed by atoms with Crippen LogP contribution in [0.1, 0.15) is 21.8 Å². The van der Waals surface area contributed by atoms with Crippen molar-refractivity contribution in [2.24, 2.45) is 5.10 Å². The molecule has 0 saturated carbocycles. The molecule has 156 valence electrons. The van der Waals surface area contributed by atoms with Crippen molar-refractivity contribution in [1.29, 1.82) is 0 Å². The lowest BCUT2D eigenvalue weighted by Crippen LogP contribution is -2.18. The maximum Gasteiger partial charge on any atom is 0.291 e. The summed E-state index contributed by atoms with van der Waals surface area (Å²) in [5.41, 5.74) is 6.55. The van der Waals surface area contributed by atoms with Crippen LogP contribution < -0.4 is 5.43 Å². The van der Waals surface area contributed by atoms with Gasteiger partial charge in [-0.1, -0.05) is 54.6 Å². The largest absolute Gasteiger partial charge is 0.463 e. The first-order valence-corrected chi connectivity index (χ1v) is 10.2. The van der Waals surface area contributed by atoms with E-state index < -0.39 is 5.91 Å². The van der Waals surface area contributed by atoms with Gasteiger partial charge in [0.05, 0.1) is 23.9 Å². The summed E-state index contributed by atoms with van der Waals surface area (Å²) in [6.07, 6.45) is 2.99. The Kier molecular flexibility index (Phi) is 5.09. The fourth-order valence-corrected chi connectivity index (χ4v) is 3.61. The predicted octanol–water partition coefficient (Wildman–Crippen LogP) is 5.36. The van der Waals surface area contributed by atoms with Crippen LogP contribution in [0.4, 0.5) is 0 Å². The summed E-state index contributed by atoms with van der Waals surface area (Å²) in [5.74, 6) is 0.148. The van der Waals surface area contributed by atoms with Gasteiger partial charge >= 0.3 is 0 Å². The number of nitrogens with zero attached hydrogens (tertiary/aromatic N) is 3. The van der Waals surface area contributed by atoms with E-state index in [2.05, 4.69) is 39.9 Å². The molecule has 0 atom stereocenters. The van der Waals surface area contributed by atoms with E-state index in [1.165, 1.54) is 6.21 Å². The van der Waals surface area contributed by atoms with Crippen molar-refractivity contribution in [2.45, 2.75) is 6.92 Å². The van der Waals surface area contributed by atoms with Gasteiger partial charge in [-0.15, -0.1) is 0 Å². The Bertz CT molecular complexity index is 1430. The van der Waals surface area contributed by atoms with Crippen LogP contribution in [-0.4, -0.2) is 21.9 Å². The molecule has 1 N–H and O–H groups in total. The summed E-state index contributed by atoms with van der Waals surface area (Å²) in [4.78, 5) is 12.8. The molecule has 0 aliphatic heterocycles. The third kappa shape index (κ3) is 3.81. The molecule has 6 nitrogen and oxygen atoms in total. The van der Waals surface area contributed by atoms with Gasteiger partial charge in [-0.25, -0.2) is 10.1 Å². The van der Waals surface area contributed by atoms with Crippen molar-refractivity contribution in [3.63, 3.8) is 0 Å². The molecule has 3 aromatic carbocycles. The van der Waals surface area contributed by atoms with Crippen molar-refractivity contribution in [1.82, 2.24) is 15.2 Å². The monoisotopic (exact) mass is 420 g/mol. The van der Waals surface area contributed by atoms with Gasteiger partial charge in [-0.05, 0) is 53.6 Å². The molecule has 2 heterocycles. The van der Waals surface area contributed by atoms with Gasteiger partial charge in [0.1, 0.15) is 5.76 Å². The van der Waals surface area contributed by atoms with Gasteiger partial charge < -0.3 is 4.42 Å². The number of hydrogen-bond donors (Lipinski definition) is 1. The number of carbonyl (C=O) groups is 1. The van der Waals surface area contributed by atoms with E-state index in [4.69, 9.17) is 4.42 Å². The molecular formula is C26H20N4O2. The molecule has 0 aliphatic carbocycles. The van der Waals surface area contributed by atoms with Crippen LogP contribution in [0.5, 0.6) is 0 Å². The van der Waals surface area contributed by atoms with Crippen LogP contribution >= 0.6 is 0 Å². The second kappa shape index (κ2) is 8.35. The molecule has 5 aromatic rings. The lowest BCUT2D eigenvalue weighted by Gasteiger charge is -2.11. The predicted molar refractivity (Wildman–Crippen MR) is 125 cm³/mol. The van der Waals surface area contributed by atoms with Gasteiger partial charge in [0.2, 0.25) is 0 Å². The molecule has 2 aromatic heterocycles. The van der Waals surface area contributed by atoms with Crippen molar-refractivity contribution >= 4 is 22.9 Å². The highest BCUT2D eigenvalue weighted by atomic mass is 16.3. The number of benzene rings is 3. The highest BCUT2D eigenvalue weighted by Gasteiger charge is 2.18. The van der Waals surface area contributed by atoms with Gasteiger partial charge in [0, 0.05) is 5.56 Å². The van der Waals surface area contributed by atoms with Gasteiger partial charge in [-0.3, -0.25) is 4.79 Å². The Labute approximate surface area is 184 Å². The lowest BCUT2D eigenvalue weighted by molar-refractivity contribution is 0.0949. The summed E-state index contributed by atoms with van der Waals surface area (Å²) in [6.45, 7) is 2.02. The minimum Gasteiger partial charge on any atom is -0.463 e. The zero-order valence-corrected chi connectivity index (χ0v) is 17.4. The van der Waals surface area contributed by atoms with Crippen LogP contribution in [0, 0.1) is 6.92 Å². The van der Waals surface area contributed by atoms with Crippen molar-refractivity contribution in [3.05, 3.63) is 108 Å². The van der Waals surface area contributed by atoms with E-state index in [1.54, 1.807) is 24.5 Å². The number of nitrogens with one attached hydrogen (secondary N) is 1. The molecular weight excluding hydrogens is 400 g/mol. The normalized spacial score (nSPS) is 11.3. The Balaban J connectivity index is 1.56. The number of rotatable bonds is 5. The third-order valence-electron chi connectivity index (χ3n) is 5.23. The average molecular weight is 420 g/mol. The van der Waals surface area contributed by atoms with E-state index in [-0.39, 0.29) is 5.69 Å². The summed E-state index contributed by atoms with van der Waals surface area (Å²) >= 11 is 0. The molecule has 0 spiro atoms. The first kappa shape index (κ1) is 19.5. The second-order valence-electron chi connectivity index (χ2n) is 7.39. The van der Waals surface area contributed by atoms with Gasteiger partial charge in [0.25, 0.3) is 5.91 Å². The van der Waals surface area contributed by atoms with Crippen LogP contribution in [0.3, 0.4) is 0 Å². The topological polar surface area (TPSA) is 72.4 Å². The number of furan rings is 1. The summed E-state index contributed by atoms with van der Waals surface area (Å²) in [7, 11) is 0. The van der Waals surface area contributed by atoms with Crippen LogP contribution in [0.2, 0.25) is 0 Å². The van der Waals surface area contributed by atoms with E-state index in [1.807, 2.05) is 54.1 Å². The molecule has 0 bridgehead atoms. The quantitative estimate of drug-likeness (QED) is 0.307. The molecule has 0 aliphatic rings. The number of hydrazone groups is 1. The van der Waals surface area contributed by atoms with E-state index in [9.17, 15) is 4.79 Å². The Hall–Kier alpha value is -4.45. The van der Waals surface area contributed by atoms with Gasteiger partial charge in [-0.2, -0.15) is 10.2 Å². The zero-order valence-electron chi connectivity index (χ0n) is 17.4. The van der Waals surface area contributed by atoms with Gasteiger partial charge in [0.15, 0.2) is 5.69 Å². The number of hydrogen-bond acceptors (Lipinski definition) is 4.